The van der Waals surface area contributed by atoms with Gasteiger partial charge >= 0.3 is 0 Å². The van der Waals surface area contributed by atoms with Crippen molar-refractivity contribution in [2.75, 3.05) is 0 Å². The van der Waals surface area contributed by atoms with Crippen molar-refractivity contribution in [3.63, 3.8) is 0 Å². The first-order valence-electron chi connectivity index (χ1n) is 7.98. The minimum atomic E-state index is 0.236. The molecule has 0 aliphatic heterocycles. The van der Waals surface area contributed by atoms with Gasteiger partial charge in [-0.05, 0) is 37.8 Å². The van der Waals surface area contributed by atoms with Gasteiger partial charge in [0.25, 0.3) is 0 Å². The largest absolute Gasteiger partial charge is 0.493 e. The average Bonchev–Trinajstić information content (AvgIpc) is 3.17. The van der Waals surface area contributed by atoms with E-state index in [2.05, 4.69) is 10.1 Å². The van der Waals surface area contributed by atoms with Crippen molar-refractivity contribution in [3.8, 4) is 17.1 Å². The molecule has 0 spiro atoms. The molecule has 0 unspecified atom stereocenters. The van der Waals surface area contributed by atoms with Crippen molar-refractivity contribution >= 4 is 17.2 Å². The van der Waals surface area contributed by atoms with Gasteiger partial charge in [0.1, 0.15) is 0 Å². The fourth-order valence-electron chi connectivity index (χ4n) is 3.57. The number of aryl methyl sites for hydroxylation is 1. The first-order valence-corrected chi connectivity index (χ1v) is 8.36. The third-order valence-corrected chi connectivity index (χ3v) is 4.96. The first-order chi connectivity index (χ1) is 11.1. The molecule has 0 atom stereocenters. The normalized spacial score (nSPS) is 15.6. The molecule has 4 nitrogen and oxygen atoms in total. The molecular weight excluding hydrogens is 310 g/mol. The predicted molar refractivity (Wildman–Crippen MR) is 91.0 cm³/mol. The molecule has 1 aliphatic carbocycles. The molecule has 1 aromatic carbocycles. The van der Waals surface area contributed by atoms with Crippen LogP contribution in [0, 0.1) is 6.92 Å². The van der Waals surface area contributed by atoms with Crippen LogP contribution >= 0.6 is 11.6 Å². The number of fused-ring (bicyclic) bond motifs is 1. The maximum Gasteiger partial charge on any atom is 0.219 e. The van der Waals surface area contributed by atoms with E-state index in [0.717, 1.165) is 35.4 Å². The quantitative estimate of drug-likeness (QED) is 0.740. The highest BCUT2D eigenvalue weighted by Crippen LogP contribution is 2.40. The van der Waals surface area contributed by atoms with E-state index in [1.807, 2.05) is 37.3 Å². The van der Waals surface area contributed by atoms with E-state index in [0.29, 0.717) is 16.6 Å². The second kappa shape index (κ2) is 5.53. The molecule has 1 aliphatic rings. The lowest BCUT2D eigenvalue weighted by Gasteiger charge is -2.14. The molecule has 5 heteroatoms. The van der Waals surface area contributed by atoms with Gasteiger partial charge in [0.05, 0.1) is 5.69 Å². The zero-order chi connectivity index (χ0) is 16.0. The highest BCUT2D eigenvalue weighted by Gasteiger charge is 2.25. The predicted octanol–water partition coefficient (Wildman–Crippen LogP) is 4.72. The second-order valence-electron chi connectivity index (χ2n) is 6.22. The summed E-state index contributed by atoms with van der Waals surface area (Å²) in [7, 11) is 0. The van der Waals surface area contributed by atoms with Crippen LogP contribution in [0.4, 0.5) is 0 Å². The summed E-state index contributed by atoms with van der Waals surface area (Å²) in [6.45, 7) is 1.97. The van der Waals surface area contributed by atoms with Crippen LogP contribution in [-0.4, -0.2) is 19.7 Å². The van der Waals surface area contributed by atoms with Crippen LogP contribution in [-0.2, 0) is 0 Å². The van der Waals surface area contributed by atoms with Gasteiger partial charge in [-0.3, -0.25) is 0 Å². The molecule has 0 radical (unpaired) electrons. The van der Waals surface area contributed by atoms with Crippen molar-refractivity contribution in [2.45, 2.75) is 38.5 Å². The maximum atomic E-state index is 10.7. The number of aromatic nitrogens is 3. The lowest BCUT2D eigenvalue weighted by atomic mass is 9.97. The molecule has 0 saturated heterocycles. The number of hydrogen-bond acceptors (Lipinski definition) is 3. The van der Waals surface area contributed by atoms with Crippen LogP contribution in [0.1, 0.15) is 42.9 Å². The molecule has 118 valence electrons. The topological polar surface area (TPSA) is 50.4 Å². The summed E-state index contributed by atoms with van der Waals surface area (Å²) in [5.74, 6) is 0.634. The van der Waals surface area contributed by atoms with Gasteiger partial charge in [0.15, 0.2) is 5.65 Å². The molecule has 23 heavy (non-hydrogen) atoms. The summed E-state index contributed by atoms with van der Waals surface area (Å²) in [5, 5.41) is 16.0. The molecule has 2 heterocycles. The Kier molecular flexibility index (Phi) is 3.49. The number of hydrogen-bond donors (Lipinski definition) is 1. The molecule has 1 N–H and O–H groups in total. The summed E-state index contributed by atoms with van der Waals surface area (Å²) < 4.78 is 1.56. The van der Waals surface area contributed by atoms with Crippen LogP contribution in [0.15, 0.2) is 30.3 Å². The number of benzene rings is 1. The Labute approximate surface area is 139 Å². The lowest BCUT2D eigenvalue weighted by Crippen LogP contribution is -2.04. The van der Waals surface area contributed by atoms with Gasteiger partial charge in [-0.2, -0.15) is 9.61 Å². The lowest BCUT2D eigenvalue weighted by molar-refractivity contribution is 0.420. The third kappa shape index (κ3) is 2.47. The van der Waals surface area contributed by atoms with E-state index in [-0.39, 0.29) is 5.88 Å². The Balaban J connectivity index is 1.85. The van der Waals surface area contributed by atoms with Crippen molar-refractivity contribution < 1.29 is 5.11 Å². The highest BCUT2D eigenvalue weighted by molar-refractivity contribution is 6.30. The summed E-state index contributed by atoms with van der Waals surface area (Å²) in [5.41, 5.74) is 4.28. The number of aromatic hydroxyl groups is 1. The zero-order valence-corrected chi connectivity index (χ0v) is 13.7. The van der Waals surface area contributed by atoms with E-state index in [4.69, 9.17) is 11.6 Å². The number of rotatable bonds is 2. The fraction of sp³-hybridized carbons (Fsp3) is 0.333. The van der Waals surface area contributed by atoms with Crippen LogP contribution < -0.4 is 0 Å². The summed E-state index contributed by atoms with van der Waals surface area (Å²) in [6.07, 6.45) is 4.67. The Hall–Kier alpha value is -2.07. The van der Waals surface area contributed by atoms with Crippen molar-refractivity contribution in [3.05, 3.63) is 46.6 Å². The van der Waals surface area contributed by atoms with Crippen LogP contribution in [0.3, 0.4) is 0 Å². The average molecular weight is 328 g/mol. The van der Waals surface area contributed by atoms with E-state index in [9.17, 15) is 5.11 Å². The molecule has 4 rings (SSSR count). The Bertz CT molecular complexity index is 864. The fourth-order valence-corrected chi connectivity index (χ4v) is 3.69. The van der Waals surface area contributed by atoms with E-state index < -0.39 is 0 Å². The van der Waals surface area contributed by atoms with Gasteiger partial charge in [0.2, 0.25) is 5.88 Å². The monoisotopic (exact) mass is 327 g/mol. The van der Waals surface area contributed by atoms with E-state index in [1.165, 1.54) is 12.8 Å². The molecule has 3 aromatic rings. The molecular formula is C18H18ClN3O. The standard InChI is InChI=1S/C18H18ClN3O/c1-11-17(13-4-2-3-5-13)18(23)22-16(20-11)10-15(21-22)12-6-8-14(19)9-7-12/h6-10,13,23H,2-5H2,1H3. The van der Waals surface area contributed by atoms with Crippen molar-refractivity contribution in [2.24, 2.45) is 0 Å². The van der Waals surface area contributed by atoms with Gasteiger partial charge in [-0.15, -0.1) is 0 Å². The number of halogens is 1. The molecule has 0 bridgehead atoms. The SMILES string of the molecule is Cc1nc2cc(-c3ccc(Cl)cc3)nn2c(O)c1C1CCCC1. The second-order valence-corrected chi connectivity index (χ2v) is 6.66. The first kappa shape index (κ1) is 14.5. The molecule has 0 amide bonds. The number of nitrogens with zero attached hydrogens (tertiary/aromatic N) is 3. The Morgan fingerprint density at radius 2 is 1.87 bits per heavy atom. The Morgan fingerprint density at radius 3 is 2.57 bits per heavy atom. The summed E-state index contributed by atoms with van der Waals surface area (Å²) in [4.78, 5) is 4.66. The van der Waals surface area contributed by atoms with Crippen molar-refractivity contribution in [1.29, 1.82) is 0 Å². The van der Waals surface area contributed by atoms with Gasteiger partial charge in [-0.1, -0.05) is 36.6 Å². The van der Waals surface area contributed by atoms with Crippen LogP contribution in [0.5, 0.6) is 5.88 Å². The molecule has 1 saturated carbocycles. The van der Waals surface area contributed by atoms with Crippen molar-refractivity contribution in [1.82, 2.24) is 14.6 Å². The van der Waals surface area contributed by atoms with Crippen LogP contribution in [0.2, 0.25) is 5.02 Å². The molecule has 1 fully saturated rings. The highest BCUT2D eigenvalue weighted by atomic mass is 35.5. The van der Waals surface area contributed by atoms with Gasteiger partial charge in [0, 0.05) is 27.9 Å². The molecule has 2 aromatic heterocycles. The van der Waals surface area contributed by atoms with E-state index in [1.54, 1.807) is 4.52 Å². The van der Waals surface area contributed by atoms with Gasteiger partial charge in [-0.25, -0.2) is 4.98 Å². The minimum absolute atomic E-state index is 0.236. The van der Waals surface area contributed by atoms with E-state index >= 15 is 0 Å². The summed E-state index contributed by atoms with van der Waals surface area (Å²) >= 11 is 5.94. The zero-order valence-electron chi connectivity index (χ0n) is 13.0. The smallest absolute Gasteiger partial charge is 0.219 e. The Morgan fingerprint density at radius 1 is 1.17 bits per heavy atom. The van der Waals surface area contributed by atoms with Gasteiger partial charge < -0.3 is 5.11 Å². The van der Waals surface area contributed by atoms with Crippen LogP contribution in [0.25, 0.3) is 16.9 Å². The summed E-state index contributed by atoms with van der Waals surface area (Å²) in [6, 6.07) is 9.42. The minimum Gasteiger partial charge on any atom is -0.493 e. The third-order valence-electron chi connectivity index (χ3n) is 4.71. The maximum absolute atomic E-state index is 10.7.